The summed E-state index contributed by atoms with van der Waals surface area (Å²) in [6, 6.07) is 15.6. The third-order valence-corrected chi connectivity index (χ3v) is 2.75. The third-order valence-electron chi connectivity index (χ3n) is 2.22. The third kappa shape index (κ3) is 2.34. The molecule has 0 heterocycles. The zero-order chi connectivity index (χ0) is 10.7. The number of aldehydes is 1. The average molecular weight is 261 g/mol. The summed E-state index contributed by atoms with van der Waals surface area (Å²) in [7, 11) is 0. The van der Waals surface area contributed by atoms with Gasteiger partial charge in [0.05, 0.1) is 0 Å². The van der Waals surface area contributed by atoms with Crippen LogP contribution in [0.5, 0.6) is 0 Å². The predicted octanol–water partition coefficient (Wildman–Crippen LogP) is 3.93. The molecule has 0 saturated carbocycles. The molecule has 0 aliphatic rings. The van der Waals surface area contributed by atoms with Gasteiger partial charge in [-0.1, -0.05) is 52.3 Å². The number of carbonyl (C=O) groups is 1. The van der Waals surface area contributed by atoms with Crippen LogP contribution in [0.15, 0.2) is 53.0 Å². The zero-order valence-corrected chi connectivity index (χ0v) is 9.57. The molecule has 0 aromatic heterocycles. The Hall–Kier alpha value is -1.41. The van der Waals surface area contributed by atoms with E-state index >= 15 is 0 Å². The summed E-state index contributed by atoms with van der Waals surface area (Å²) in [5.41, 5.74) is 2.97. The van der Waals surface area contributed by atoms with Gasteiger partial charge in [-0.05, 0) is 23.3 Å². The monoisotopic (exact) mass is 260 g/mol. The van der Waals surface area contributed by atoms with Crippen LogP contribution < -0.4 is 0 Å². The maximum absolute atomic E-state index is 10.5. The van der Waals surface area contributed by atoms with Crippen molar-refractivity contribution in [3.8, 4) is 11.1 Å². The number of hydrogen-bond donors (Lipinski definition) is 0. The first kappa shape index (κ1) is 10.1. The topological polar surface area (TPSA) is 17.1 Å². The Balaban J connectivity index is 2.37. The molecule has 15 heavy (non-hydrogen) atoms. The Morgan fingerprint density at radius 1 is 0.800 bits per heavy atom. The molecular formula is C13H9BrO. The van der Waals surface area contributed by atoms with Gasteiger partial charge in [-0.2, -0.15) is 0 Å². The molecule has 0 aliphatic carbocycles. The molecule has 0 spiro atoms. The lowest BCUT2D eigenvalue weighted by molar-refractivity contribution is 0.112. The lowest BCUT2D eigenvalue weighted by atomic mass is 10.0. The standard InChI is InChI=1S/C13H9BrO/c14-13-7-5-12(6-8-13)11-3-1-10(9-15)2-4-11/h1-9H. The first-order valence-electron chi connectivity index (χ1n) is 4.61. The fourth-order valence-corrected chi connectivity index (χ4v) is 1.66. The second-order valence-electron chi connectivity index (χ2n) is 3.25. The lowest BCUT2D eigenvalue weighted by Gasteiger charge is -2.01. The fourth-order valence-electron chi connectivity index (χ4n) is 1.40. The summed E-state index contributed by atoms with van der Waals surface area (Å²) < 4.78 is 1.07. The highest BCUT2D eigenvalue weighted by Gasteiger charge is 1.97. The first-order valence-corrected chi connectivity index (χ1v) is 5.40. The largest absolute Gasteiger partial charge is 0.298 e. The minimum atomic E-state index is 0.705. The van der Waals surface area contributed by atoms with Crippen LogP contribution >= 0.6 is 15.9 Å². The van der Waals surface area contributed by atoms with Gasteiger partial charge in [0, 0.05) is 10.0 Å². The van der Waals surface area contributed by atoms with Gasteiger partial charge in [-0.15, -0.1) is 0 Å². The van der Waals surface area contributed by atoms with Gasteiger partial charge in [-0.25, -0.2) is 0 Å². The first-order chi connectivity index (χ1) is 7.29. The molecule has 0 bridgehead atoms. The van der Waals surface area contributed by atoms with E-state index in [1.165, 1.54) is 0 Å². The van der Waals surface area contributed by atoms with Crippen LogP contribution in [0.4, 0.5) is 0 Å². The Labute approximate surface area is 96.9 Å². The molecule has 2 aromatic rings. The van der Waals surface area contributed by atoms with E-state index in [4.69, 9.17) is 0 Å². The highest BCUT2D eigenvalue weighted by molar-refractivity contribution is 9.10. The van der Waals surface area contributed by atoms with Crippen molar-refractivity contribution in [3.05, 3.63) is 58.6 Å². The Kier molecular flexibility index (Phi) is 2.97. The van der Waals surface area contributed by atoms with Crippen LogP contribution in [0.3, 0.4) is 0 Å². The molecule has 0 aliphatic heterocycles. The predicted molar refractivity (Wildman–Crippen MR) is 65.0 cm³/mol. The highest BCUT2D eigenvalue weighted by atomic mass is 79.9. The van der Waals surface area contributed by atoms with Crippen molar-refractivity contribution in [2.45, 2.75) is 0 Å². The van der Waals surface area contributed by atoms with Gasteiger partial charge >= 0.3 is 0 Å². The van der Waals surface area contributed by atoms with E-state index in [0.717, 1.165) is 21.9 Å². The summed E-state index contributed by atoms with van der Waals surface area (Å²) in [5.74, 6) is 0. The van der Waals surface area contributed by atoms with Crippen molar-refractivity contribution in [2.75, 3.05) is 0 Å². The number of rotatable bonds is 2. The summed E-state index contributed by atoms with van der Waals surface area (Å²) in [5, 5.41) is 0. The second-order valence-corrected chi connectivity index (χ2v) is 4.16. The summed E-state index contributed by atoms with van der Waals surface area (Å²) in [4.78, 5) is 10.5. The van der Waals surface area contributed by atoms with Gasteiger partial charge in [-0.3, -0.25) is 4.79 Å². The molecule has 0 fully saturated rings. The molecule has 0 saturated heterocycles. The minimum Gasteiger partial charge on any atom is -0.298 e. The van der Waals surface area contributed by atoms with E-state index in [1.807, 2.05) is 48.5 Å². The van der Waals surface area contributed by atoms with E-state index in [1.54, 1.807) is 0 Å². The van der Waals surface area contributed by atoms with Gasteiger partial charge in [0.15, 0.2) is 0 Å². The molecule has 2 rings (SSSR count). The van der Waals surface area contributed by atoms with Crippen LogP contribution in [-0.2, 0) is 0 Å². The van der Waals surface area contributed by atoms with Crippen molar-refractivity contribution in [3.63, 3.8) is 0 Å². The number of hydrogen-bond acceptors (Lipinski definition) is 1. The summed E-state index contributed by atoms with van der Waals surface area (Å²) in [6.45, 7) is 0. The molecular weight excluding hydrogens is 252 g/mol. The minimum absolute atomic E-state index is 0.705. The number of halogens is 1. The summed E-state index contributed by atoms with van der Waals surface area (Å²) >= 11 is 3.39. The fraction of sp³-hybridized carbons (Fsp3) is 0. The molecule has 0 N–H and O–H groups in total. The Bertz CT molecular complexity index is 457. The molecule has 0 amide bonds. The average Bonchev–Trinajstić information content (AvgIpc) is 2.30. The molecule has 1 nitrogen and oxygen atoms in total. The van der Waals surface area contributed by atoms with Gasteiger partial charge in [0.1, 0.15) is 6.29 Å². The van der Waals surface area contributed by atoms with Crippen LogP contribution in [0.1, 0.15) is 10.4 Å². The van der Waals surface area contributed by atoms with Crippen LogP contribution in [0, 0.1) is 0 Å². The van der Waals surface area contributed by atoms with E-state index in [0.29, 0.717) is 5.56 Å². The molecule has 74 valence electrons. The summed E-state index contributed by atoms with van der Waals surface area (Å²) in [6.07, 6.45) is 0.853. The van der Waals surface area contributed by atoms with E-state index in [9.17, 15) is 4.79 Å². The van der Waals surface area contributed by atoms with Crippen molar-refractivity contribution < 1.29 is 4.79 Å². The number of carbonyl (C=O) groups excluding carboxylic acids is 1. The van der Waals surface area contributed by atoms with Crippen LogP contribution in [-0.4, -0.2) is 6.29 Å². The Morgan fingerprint density at radius 2 is 1.27 bits per heavy atom. The van der Waals surface area contributed by atoms with Crippen molar-refractivity contribution in [1.29, 1.82) is 0 Å². The van der Waals surface area contributed by atoms with E-state index in [-0.39, 0.29) is 0 Å². The number of benzene rings is 2. The SMILES string of the molecule is O=Cc1ccc(-c2ccc(Br)cc2)cc1. The molecule has 2 aromatic carbocycles. The highest BCUT2D eigenvalue weighted by Crippen LogP contribution is 2.21. The normalized spacial score (nSPS) is 9.93. The maximum atomic E-state index is 10.5. The van der Waals surface area contributed by atoms with Crippen molar-refractivity contribution in [2.24, 2.45) is 0 Å². The maximum Gasteiger partial charge on any atom is 0.150 e. The molecule has 0 unspecified atom stereocenters. The van der Waals surface area contributed by atoms with Gasteiger partial charge in [0.25, 0.3) is 0 Å². The van der Waals surface area contributed by atoms with Gasteiger partial charge in [0.2, 0.25) is 0 Å². The van der Waals surface area contributed by atoms with Crippen molar-refractivity contribution in [1.82, 2.24) is 0 Å². The zero-order valence-electron chi connectivity index (χ0n) is 7.98. The Morgan fingerprint density at radius 3 is 1.73 bits per heavy atom. The van der Waals surface area contributed by atoms with Crippen LogP contribution in [0.25, 0.3) is 11.1 Å². The molecule has 0 radical (unpaired) electrons. The van der Waals surface area contributed by atoms with E-state index in [2.05, 4.69) is 15.9 Å². The smallest absolute Gasteiger partial charge is 0.150 e. The second kappa shape index (κ2) is 4.41. The molecule has 0 atom stereocenters. The van der Waals surface area contributed by atoms with Gasteiger partial charge < -0.3 is 0 Å². The van der Waals surface area contributed by atoms with Crippen LogP contribution in [0.2, 0.25) is 0 Å². The van der Waals surface area contributed by atoms with Crippen molar-refractivity contribution >= 4 is 22.2 Å². The lowest BCUT2D eigenvalue weighted by Crippen LogP contribution is -1.80. The van der Waals surface area contributed by atoms with E-state index < -0.39 is 0 Å². The quantitative estimate of drug-likeness (QED) is 0.748. The molecule has 2 heteroatoms.